The minimum absolute atomic E-state index is 0.198. The van der Waals surface area contributed by atoms with E-state index in [2.05, 4.69) is 0 Å². The first kappa shape index (κ1) is 9.94. The van der Waals surface area contributed by atoms with Gasteiger partial charge in [-0.3, -0.25) is 0 Å². The fourth-order valence-electron chi connectivity index (χ4n) is 2.18. The van der Waals surface area contributed by atoms with Gasteiger partial charge in [-0.05, 0) is 37.3 Å². The third-order valence-electron chi connectivity index (χ3n) is 2.88. The molecule has 0 amide bonds. The highest BCUT2D eigenvalue weighted by Gasteiger charge is 2.26. The fourth-order valence-corrected chi connectivity index (χ4v) is 2.50. The zero-order valence-corrected chi connectivity index (χ0v) is 8.60. The predicted molar refractivity (Wildman–Crippen MR) is 56.0 cm³/mol. The van der Waals surface area contributed by atoms with Crippen LogP contribution in [0.1, 0.15) is 30.7 Å². The number of hydrogen-bond donors (Lipinski definition) is 1. The van der Waals surface area contributed by atoms with Gasteiger partial charge < -0.3 is 5.73 Å². The Balaban J connectivity index is 2.31. The van der Waals surface area contributed by atoms with Crippen molar-refractivity contribution in [2.75, 3.05) is 0 Å². The Labute approximate surface area is 88.1 Å². The molecular weight excluding hydrogens is 201 g/mol. The van der Waals surface area contributed by atoms with Crippen molar-refractivity contribution in [3.8, 4) is 0 Å². The molecule has 1 saturated carbocycles. The third kappa shape index (κ3) is 1.77. The van der Waals surface area contributed by atoms with E-state index in [0.29, 0.717) is 10.6 Å². The van der Waals surface area contributed by atoms with E-state index in [-0.39, 0.29) is 17.8 Å². The zero-order valence-electron chi connectivity index (χ0n) is 7.84. The van der Waals surface area contributed by atoms with Crippen molar-refractivity contribution in [1.29, 1.82) is 0 Å². The van der Waals surface area contributed by atoms with Crippen LogP contribution in [-0.4, -0.2) is 6.04 Å². The lowest BCUT2D eigenvalue weighted by Crippen LogP contribution is -2.14. The number of halogens is 2. The molecule has 14 heavy (non-hydrogen) atoms. The first-order valence-electron chi connectivity index (χ1n) is 4.88. The molecule has 0 bridgehead atoms. The molecule has 0 spiro atoms. The molecule has 2 unspecified atom stereocenters. The Morgan fingerprint density at radius 3 is 2.71 bits per heavy atom. The van der Waals surface area contributed by atoms with Gasteiger partial charge in [0.25, 0.3) is 0 Å². The smallest absolute Gasteiger partial charge is 0.128 e. The molecule has 1 aliphatic rings. The average molecular weight is 214 g/mol. The monoisotopic (exact) mass is 213 g/mol. The van der Waals surface area contributed by atoms with E-state index in [4.69, 9.17) is 17.3 Å². The summed E-state index contributed by atoms with van der Waals surface area (Å²) >= 11 is 5.98. The van der Waals surface area contributed by atoms with Crippen LogP contribution < -0.4 is 5.73 Å². The van der Waals surface area contributed by atoms with Crippen molar-refractivity contribution in [3.63, 3.8) is 0 Å². The Hall–Kier alpha value is -0.600. The first-order valence-corrected chi connectivity index (χ1v) is 5.25. The van der Waals surface area contributed by atoms with Crippen LogP contribution in [0.25, 0.3) is 0 Å². The first-order chi connectivity index (χ1) is 6.68. The molecule has 0 aromatic heterocycles. The topological polar surface area (TPSA) is 26.0 Å². The molecule has 1 aliphatic carbocycles. The maximum atomic E-state index is 13.5. The van der Waals surface area contributed by atoms with Crippen LogP contribution >= 0.6 is 11.6 Å². The van der Waals surface area contributed by atoms with Crippen LogP contribution in [0.5, 0.6) is 0 Å². The summed E-state index contributed by atoms with van der Waals surface area (Å²) in [7, 11) is 0. The summed E-state index contributed by atoms with van der Waals surface area (Å²) in [5, 5.41) is 0.532. The Morgan fingerprint density at radius 1 is 1.36 bits per heavy atom. The summed E-state index contributed by atoms with van der Waals surface area (Å²) in [5.74, 6) is 0.00954. The van der Waals surface area contributed by atoms with E-state index in [1.54, 1.807) is 12.1 Å². The summed E-state index contributed by atoms with van der Waals surface area (Å²) in [6, 6.07) is 5.04. The molecule has 3 heteroatoms. The largest absolute Gasteiger partial charge is 0.328 e. The van der Waals surface area contributed by atoms with E-state index in [1.165, 1.54) is 6.07 Å². The second kappa shape index (κ2) is 3.87. The Bertz CT molecular complexity index is 320. The minimum Gasteiger partial charge on any atom is -0.328 e. The van der Waals surface area contributed by atoms with Gasteiger partial charge >= 0.3 is 0 Å². The lowest BCUT2D eigenvalue weighted by atomic mass is 9.97. The van der Waals surface area contributed by atoms with Gasteiger partial charge in [0, 0.05) is 16.6 Å². The van der Waals surface area contributed by atoms with Crippen molar-refractivity contribution in [3.05, 3.63) is 34.6 Å². The van der Waals surface area contributed by atoms with Gasteiger partial charge in [-0.2, -0.15) is 0 Å². The van der Waals surface area contributed by atoms with E-state index < -0.39 is 0 Å². The van der Waals surface area contributed by atoms with Crippen molar-refractivity contribution >= 4 is 11.6 Å². The molecule has 0 radical (unpaired) electrons. The molecule has 1 aromatic carbocycles. The molecule has 0 aliphatic heterocycles. The number of benzene rings is 1. The van der Waals surface area contributed by atoms with Gasteiger partial charge in [-0.15, -0.1) is 0 Å². The fraction of sp³-hybridized carbons (Fsp3) is 0.455. The third-order valence-corrected chi connectivity index (χ3v) is 3.21. The van der Waals surface area contributed by atoms with Gasteiger partial charge in [-0.25, -0.2) is 4.39 Å². The summed E-state index contributed by atoms with van der Waals surface area (Å²) in [6.45, 7) is 0. The highest BCUT2D eigenvalue weighted by Crippen LogP contribution is 2.38. The lowest BCUT2D eigenvalue weighted by molar-refractivity contribution is 0.576. The van der Waals surface area contributed by atoms with Crippen LogP contribution in [0.2, 0.25) is 5.02 Å². The predicted octanol–water partition coefficient (Wildman–Crippen LogP) is 3.07. The van der Waals surface area contributed by atoms with Crippen molar-refractivity contribution in [1.82, 2.24) is 0 Å². The van der Waals surface area contributed by atoms with E-state index in [9.17, 15) is 4.39 Å². The van der Waals surface area contributed by atoms with Crippen molar-refractivity contribution in [2.45, 2.75) is 31.2 Å². The van der Waals surface area contributed by atoms with Crippen LogP contribution in [-0.2, 0) is 0 Å². The summed E-state index contributed by atoms with van der Waals surface area (Å²) in [5.41, 5.74) is 6.45. The SMILES string of the molecule is NC1CCC(c2c(F)cccc2Cl)C1. The van der Waals surface area contributed by atoms with Gasteiger partial charge in [0.15, 0.2) is 0 Å². The second-order valence-electron chi connectivity index (χ2n) is 3.91. The number of nitrogens with two attached hydrogens (primary N) is 1. The highest BCUT2D eigenvalue weighted by atomic mass is 35.5. The molecule has 1 aromatic rings. The number of hydrogen-bond acceptors (Lipinski definition) is 1. The molecular formula is C11H13ClFN. The quantitative estimate of drug-likeness (QED) is 0.763. The van der Waals surface area contributed by atoms with E-state index in [1.807, 2.05) is 0 Å². The summed E-state index contributed by atoms with van der Waals surface area (Å²) in [4.78, 5) is 0. The molecule has 76 valence electrons. The summed E-state index contributed by atoms with van der Waals surface area (Å²) < 4.78 is 13.5. The van der Waals surface area contributed by atoms with Crippen LogP contribution in [0.15, 0.2) is 18.2 Å². The van der Waals surface area contributed by atoms with Crippen molar-refractivity contribution in [2.24, 2.45) is 5.73 Å². The lowest BCUT2D eigenvalue weighted by Gasteiger charge is -2.12. The van der Waals surface area contributed by atoms with Gasteiger partial charge in [-0.1, -0.05) is 17.7 Å². The normalized spacial score (nSPS) is 26.8. The maximum absolute atomic E-state index is 13.5. The molecule has 2 N–H and O–H groups in total. The minimum atomic E-state index is -0.198. The summed E-state index contributed by atoms with van der Waals surface area (Å²) in [6.07, 6.45) is 2.76. The van der Waals surface area contributed by atoms with Gasteiger partial charge in [0.05, 0.1) is 0 Å². The second-order valence-corrected chi connectivity index (χ2v) is 4.31. The zero-order chi connectivity index (χ0) is 10.1. The highest BCUT2D eigenvalue weighted by molar-refractivity contribution is 6.31. The van der Waals surface area contributed by atoms with Crippen molar-refractivity contribution < 1.29 is 4.39 Å². The standard InChI is InChI=1S/C11H13ClFN/c12-9-2-1-3-10(13)11(9)7-4-5-8(14)6-7/h1-3,7-8H,4-6,14H2. The molecule has 2 atom stereocenters. The number of rotatable bonds is 1. The molecule has 1 fully saturated rings. The van der Waals surface area contributed by atoms with Gasteiger partial charge in [0.2, 0.25) is 0 Å². The Kier molecular flexibility index (Phi) is 2.75. The van der Waals surface area contributed by atoms with Crippen LogP contribution in [0, 0.1) is 5.82 Å². The van der Waals surface area contributed by atoms with E-state index in [0.717, 1.165) is 19.3 Å². The van der Waals surface area contributed by atoms with Gasteiger partial charge in [0.1, 0.15) is 5.82 Å². The molecule has 2 rings (SSSR count). The van der Waals surface area contributed by atoms with E-state index >= 15 is 0 Å². The molecule has 0 saturated heterocycles. The molecule has 1 nitrogen and oxygen atoms in total. The van der Waals surface area contributed by atoms with Crippen LogP contribution in [0.4, 0.5) is 4.39 Å². The Morgan fingerprint density at radius 2 is 2.14 bits per heavy atom. The van der Waals surface area contributed by atoms with Crippen LogP contribution in [0.3, 0.4) is 0 Å². The molecule has 0 heterocycles. The average Bonchev–Trinajstić information content (AvgIpc) is 2.51. The maximum Gasteiger partial charge on any atom is 0.128 e.